The normalized spacial score (nSPS) is 12.2. The van der Waals surface area contributed by atoms with E-state index in [2.05, 4.69) is 15.6 Å². The highest BCUT2D eigenvalue weighted by molar-refractivity contribution is 5.53. The molecule has 1 atom stereocenters. The summed E-state index contributed by atoms with van der Waals surface area (Å²) in [5.41, 5.74) is 1.91. The molecule has 0 aliphatic rings. The predicted molar refractivity (Wildman–Crippen MR) is 58.6 cm³/mol. The highest BCUT2D eigenvalue weighted by Crippen LogP contribution is 2.12. The van der Waals surface area contributed by atoms with Gasteiger partial charge in [-0.2, -0.15) is 0 Å². The molecule has 1 rings (SSSR count). The van der Waals surface area contributed by atoms with Crippen LogP contribution in [0.2, 0.25) is 0 Å². The molecule has 0 fully saturated rings. The quantitative estimate of drug-likeness (QED) is 0.663. The number of hydrogen-bond donors (Lipinski definition) is 3. The summed E-state index contributed by atoms with van der Waals surface area (Å²) in [5.74, 6) is 0. The van der Waals surface area contributed by atoms with Crippen molar-refractivity contribution in [2.24, 2.45) is 0 Å². The molecule has 0 amide bonds. The molecule has 0 aliphatic heterocycles. The third-order valence-corrected chi connectivity index (χ3v) is 1.72. The molecule has 1 unspecified atom stereocenters. The fourth-order valence-electron chi connectivity index (χ4n) is 1.10. The van der Waals surface area contributed by atoms with Crippen LogP contribution < -0.4 is 10.6 Å². The number of aliphatic hydroxyl groups is 1. The van der Waals surface area contributed by atoms with E-state index in [1.165, 1.54) is 0 Å². The average Bonchev–Trinajstić information content (AvgIpc) is 2.16. The molecule has 0 radical (unpaired) electrons. The van der Waals surface area contributed by atoms with Crippen molar-refractivity contribution in [2.45, 2.75) is 20.0 Å². The van der Waals surface area contributed by atoms with Crippen LogP contribution in [0.25, 0.3) is 0 Å². The summed E-state index contributed by atoms with van der Waals surface area (Å²) in [6.07, 6.45) is 3.16. The smallest absolute Gasteiger partial charge is 0.0684 e. The molecule has 0 spiro atoms. The van der Waals surface area contributed by atoms with Crippen LogP contribution in [0, 0.1) is 0 Å². The second kappa shape index (κ2) is 5.44. The van der Waals surface area contributed by atoms with E-state index in [1.54, 1.807) is 19.3 Å². The van der Waals surface area contributed by atoms with E-state index in [0.29, 0.717) is 6.54 Å². The molecule has 0 saturated heterocycles. The zero-order valence-electron chi connectivity index (χ0n) is 8.62. The molecule has 3 N–H and O–H groups in total. The Morgan fingerprint density at radius 3 is 2.57 bits per heavy atom. The van der Waals surface area contributed by atoms with Gasteiger partial charge in [0.25, 0.3) is 0 Å². The molecule has 4 heteroatoms. The van der Waals surface area contributed by atoms with E-state index in [4.69, 9.17) is 5.11 Å². The number of anilines is 2. The molecular formula is C10H17N3O. The predicted octanol–water partition coefficient (Wildman–Crippen LogP) is 1.31. The van der Waals surface area contributed by atoms with Crippen LogP contribution in [0.15, 0.2) is 18.5 Å². The summed E-state index contributed by atoms with van der Waals surface area (Å²) >= 11 is 0. The van der Waals surface area contributed by atoms with Crippen molar-refractivity contribution in [3.63, 3.8) is 0 Å². The second-order valence-electron chi connectivity index (χ2n) is 3.22. The molecule has 78 valence electrons. The van der Waals surface area contributed by atoms with Crippen LogP contribution in [0.5, 0.6) is 0 Å². The number of nitrogens with one attached hydrogen (secondary N) is 2. The van der Waals surface area contributed by atoms with Crippen molar-refractivity contribution in [1.29, 1.82) is 0 Å². The number of hydrogen-bond acceptors (Lipinski definition) is 4. The van der Waals surface area contributed by atoms with Gasteiger partial charge in [0, 0.05) is 13.1 Å². The lowest BCUT2D eigenvalue weighted by atomic mass is 10.3. The second-order valence-corrected chi connectivity index (χ2v) is 3.22. The van der Waals surface area contributed by atoms with Gasteiger partial charge in [-0.3, -0.25) is 4.98 Å². The van der Waals surface area contributed by atoms with Gasteiger partial charge in [0.1, 0.15) is 0 Å². The van der Waals surface area contributed by atoms with Crippen molar-refractivity contribution < 1.29 is 5.11 Å². The Balaban J connectivity index is 2.54. The third-order valence-electron chi connectivity index (χ3n) is 1.72. The molecule has 1 aromatic rings. The minimum absolute atomic E-state index is 0.349. The zero-order valence-corrected chi connectivity index (χ0v) is 8.62. The average molecular weight is 195 g/mol. The first-order valence-corrected chi connectivity index (χ1v) is 4.83. The number of nitrogens with zero attached hydrogens (tertiary/aromatic N) is 1. The highest BCUT2D eigenvalue weighted by atomic mass is 16.3. The molecule has 14 heavy (non-hydrogen) atoms. The van der Waals surface area contributed by atoms with Gasteiger partial charge >= 0.3 is 0 Å². The first kappa shape index (κ1) is 10.8. The van der Waals surface area contributed by atoms with Crippen molar-refractivity contribution >= 4 is 11.4 Å². The largest absolute Gasteiger partial charge is 0.392 e. The van der Waals surface area contributed by atoms with Gasteiger partial charge < -0.3 is 15.7 Å². The van der Waals surface area contributed by atoms with Gasteiger partial charge in [-0.25, -0.2) is 0 Å². The summed E-state index contributed by atoms with van der Waals surface area (Å²) in [6.45, 7) is 5.20. The van der Waals surface area contributed by atoms with Crippen LogP contribution in [-0.4, -0.2) is 29.3 Å². The molecule has 1 aromatic heterocycles. The monoisotopic (exact) mass is 195 g/mol. The Labute approximate surface area is 84.4 Å². The Hall–Kier alpha value is -1.29. The van der Waals surface area contributed by atoms with E-state index < -0.39 is 0 Å². The van der Waals surface area contributed by atoms with Crippen LogP contribution >= 0.6 is 0 Å². The van der Waals surface area contributed by atoms with Crippen LogP contribution in [-0.2, 0) is 0 Å². The van der Waals surface area contributed by atoms with Gasteiger partial charge in [0.15, 0.2) is 0 Å². The standard InChI is InChI=1S/C10H17N3O/c1-3-12-9-4-10(7-11-6-9)13-5-8(2)14/h4,6-8,12-14H,3,5H2,1-2H3. The number of rotatable bonds is 5. The number of pyridine rings is 1. The number of aliphatic hydroxyl groups excluding tert-OH is 1. The summed E-state index contributed by atoms with van der Waals surface area (Å²) in [5, 5.41) is 15.3. The topological polar surface area (TPSA) is 57.2 Å². The first-order valence-electron chi connectivity index (χ1n) is 4.83. The van der Waals surface area contributed by atoms with E-state index in [9.17, 15) is 0 Å². The molecule has 0 aromatic carbocycles. The van der Waals surface area contributed by atoms with E-state index in [1.807, 2.05) is 13.0 Å². The Morgan fingerprint density at radius 2 is 2.00 bits per heavy atom. The minimum Gasteiger partial charge on any atom is -0.392 e. The first-order chi connectivity index (χ1) is 6.72. The fraction of sp³-hybridized carbons (Fsp3) is 0.500. The summed E-state index contributed by atoms with van der Waals surface area (Å²) in [7, 11) is 0. The zero-order chi connectivity index (χ0) is 10.4. The van der Waals surface area contributed by atoms with Crippen molar-refractivity contribution in [3.05, 3.63) is 18.5 Å². The molecule has 1 heterocycles. The summed E-state index contributed by atoms with van der Waals surface area (Å²) in [6, 6.07) is 1.97. The maximum atomic E-state index is 9.09. The van der Waals surface area contributed by atoms with Gasteiger partial charge in [0.2, 0.25) is 0 Å². The van der Waals surface area contributed by atoms with Gasteiger partial charge in [0.05, 0.1) is 29.9 Å². The van der Waals surface area contributed by atoms with E-state index >= 15 is 0 Å². The van der Waals surface area contributed by atoms with Crippen molar-refractivity contribution in [3.8, 4) is 0 Å². The third kappa shape index (κ3) is 3.62. The van der Waals surface area contributed by atoms with Crippen molar-refractivity contribution in [1.82, 2.24) is 4.98 Å². The summed E-state index contributed by atoms with van der Waals surface area (Å²) in [4.78, 5) is 4.07. The summed E-state index contributed by atoms with van der Waals surface area (Å²) < 4.78 is 0. The molecule has 0 saturated carbocycles. The lowest BCUT2D eigenvalue weighted by molar-refractivity contribution is 0.208. The van der Waals surface area contributed by atoms with Crippen molar-refractivity contribution in [2.75, 3.05) is 23.7 Å². The fourth-order valence-corrected chi connectivity index (χ4v) is 1.10. The Kier molecular flexibility index (Phi) is 4.19. The van der Waals surface area contributed by atoms with Gasteiger partial charge in [-0.05, 0) is 19.9 Å². The Bertz CT molecular complexity index is 276. The molecule has 0 aliphatic carbocycles. The lowest BCUT2D eigenvalue weighted by Crippen LogP contribution is -2.15. The van der Waals surface area contributed by atoms with E-state index in [-0.39, 0.29) is 6.10 Å². The minimum atomic E-state index is -0.349. The highest BCUT2D eigenvalue weighted by Gasteiger charge is 1.97. The number of aromatic nitrogens is 1. The SMILES string of the molecule is CCNc1cncc(NCC(C)O)c1. The maximum absolute atomic E-state index is 9.09. The molecular weight excluding hydrogens is 178 g/mol. The Morgan fingerprint density at radius 1 is 1.36 bits per heavy atom. The maximum Gasteiger partial charge on any atom is 0.0684 e. The lowest BCUT2D eigenvalue weighted by Gasteiger charge is -2.09. The van der Waals surface area contributed by atoms with Crippen LogP contribution in [0.4, 0.5) is 11.4 Å². The van der Waals surface area contributed by atoms with E-state index in [0.717, 1.165) is 17.9 Å². The van der Waals surface area contributed by atoms with Gasteiger partial charge in [-0.15, -0.1) is 0 Å². The van der Waals surface area contributed by atoms with Crippen LogP contribution in [0.1, 0.15) is 13.8 Å². The van der Waals surface area contributed by atoms with Crippen LogP contribution in [0.3, 0.4) is 0 Å². The van der Waals surface area contributed by atoms with Gasteiger partial charge in [-0.1, -0.05) is 0 Å². The molecule has 0 bridgehead atoms. The molecule has 4 nitrogen and oxygen atoms in total.